The van der Waals surface area contributed by atoms with Gasteiger partial charge in [0.05, 0.1) is 7.11 Å². The summed E-state index contributed by atoms with van der Waals surface area (Å²) in [5, 5.41) is 0. The SMILES string of the molecule is COc1ccc2c(c1N1CCN(Cc3ccccc3)CC1)OCCO2. The van der Waals surface area contributed by atoms with Gasteiger partial charge < -0.3 is 19.1 Å². The highest BCUT2D eigenvalue weighted by Crippen LogP contribution is 2.46. The van der Waals surface area contributed by atoms with E-state index in [1.165, 1.54) is 5.56 Å². The topological polar surface area (TPSA) is 34.2 Å². The molecule has 0 aromatic heterocycles. The molecule has 0 radical (unpaired) electrons. The molecular formula is C20H24N2O3. The monoisotopic (exact) mass is 340 g/mol. The second-order valence-electron chi connectivity index (χ2n) is 6.39. The van der Waals surface area contributed by atoms with Gasteiger partial charge in [-0.25, -0.2) is 0 Å². The molecule has 5 heteroatoms. The Morgan fingerprint density at radius 1 is 0.920 bits per heavy atom. The van der Waals surface area contributed by atoms with Gasteiger partial charge >= 0.3 is 0 Å². The van der Waals surface area contributed by atoms with Crippen molar-refractivity contribution in [2.24, 2.45) is 0 Å². The van der Waals surface area contributed by atoms with Crippen LogP contribution in [0.1, 0.15) is 5.56 Å². The lowest BCUT2D eigenvalue weighted by Gasteiger charge is -2.38. The smallest absolute Gasteiger partial charge is 0.188 e. The van der Waals surface area contributed by atoms with Gasteiger partial charge in [-0.2, -0.15) is 0 Å². The van der Waals surface area contributed by atoms with Crippen LogP contribution in [0.5, 0.6) is 17.2 Å². The van der Waals surface area contributed by atoms with Crippen molar-refractivity contribution < 1.29 is 14.2 Å². The summed E-state index contributed by atoms with van der Waals surface area (Å²) in [6.07, 6.45) is 0. The molecule has 0 atom stereocenters. The Hall–Kier alpha value is -2.40. The van der Waals surface area contributed by atoms with Crippen molar-refractivity contribution in [3.63, 3.8) is 0 Å². The van der Waals surface area contributed by atoms with Crippen LogP contribution in [-0.4, -0.2) is 51.4 Å². The van der Waals surface area contributed by atoms with Gasteiger partial charge in [0.2, 0.25) is 0 Å². The van der Waals surface area contributed by atoms with Crippen LogP contribution >= 0.6 is 0 Å². The summed E-state index contributed by atoms with van der Waals surface area (Å²) in [6, 6.07) is 14.5. The molecule has 0 amide bonds. The highest BCUT2D eigenvalue weighted by Gasteiger charge is 2.27. The van der Waals surface area contributed by atoms with Gasteiger partial charge in [-0.1, -0.05) is 30.3 Å². The third kappa shape index (κ3) is 3.37. The molecule has 0 bridgehead atoms. The molecule has 0 aliphatic carbocycles. The van der Waals surface area contributed by atoms with Crippen LogP contribution in [0, 0.1) is 0 Å². The molecule has 1 saturated heterocycles. The maximum atomic E-state index is 5.91. The molecule has 0 N–H and O–H groups in total. The largest absolute Gasteiger partial charge is 0.494 e. The lowest BCUT2D eigenvalue weighted by atomic mass is 10.1. The number of fused-ring (bicyclic) bond motifs is 1. The highest BCUT2D eigenvalue weighted by molar-refractivity contribution is 5.73. The molecule has 2 aliphatic heterocycles. The lowest BCUT2D eigenvalue weighted by molar-refractivity contribution is 0.170. The summed E-state index contributed by atoms with van der Waals surface area (Å²) in [6.45, 7) is 6.11. The minimum Gasteiger partial charge on any atom is -0.494 e. The van der Waals surface area contributed by atoms with E-state index in [9.17, 15) is 0 Å². The van der Waals surface area contributed by atoms with Crippen LogP contribution in [0.3, 0.4) is 0 Å². The highest BCUT2D eigenvalue weighted by atomic mass is 16.6. The molecule has 25 heavy (non-hydrogen) atoms. The molecule has 0 unspecified atom stereocenters. The number of ether oxygens (including phenoxy) is 3. The van der Waals surface area contributed by atoms with Crippen LogP contribution in [-0.2, 0) is 6.54 Å². The number of anilines is 1. The Bertz CT molecular complexity index is 712. The zero-order chi connectivity index (χ0) is 17.1. The number of methoxy groups -OCH3 is 1. The first-order valence-corrected chi connectivity index (χ1v) is 8.83. The average Bonchev–Trinajstić information content (AvgIpc) is 2.68. The fourth-order valence-corrected chi connectivity index (χ4v) is 3.52. The fourth-order valence-electron chi connectivity index (χ4n) is 3.52. The van der Waals surface area contributed by atoms with Crippen LogP contribution in [0.25, 0.3) is 0 Å². The van der Waals surface area contributed by atoms with Crippen molar-refractivity contribution in [1.29, 1.82) is 0 Å². The van der Waals surface area contributed by atoms with Crippen molar-refractivity contribution in [3.05, 3.63) is 48.0 Å². The van der Waals surface area contributed by atoms with Gasteiger partial charge in [0, 0.05) is 32.7 Å². The van der Waals surface area contributed by atoms with E-state index in [2.05, 4.69) is 40.1 Å². The van der Waals surface area contributed by atoms with Crippen LogP contribution in [0.4, 0.5) is 5.69 Å². The number of rotatable bonds is 4. The Labute approximate surface area is 148 Å². The maximum Gasteiger partial charge on any atom is 0.188 e. The van der Waals surface area contributed by atoms with E-state index >= 15 is 0 Å². The van der Waals surface area contributed by atoms with Crippen molar-refractivity contribution >= 4 is 5.69 Å². The number of hydrogen-bond donors (Lipinski definition) is 0. The first kappa shape index (κ1) is 16.1. The van der Waals surface area contributed by atoms with Gasteiger partial charge in [0.1, 0.15) is 24.7 Å². The van der Waals surface area contributed by atoms with E-state index in [1.807, 2.05) is 12.1 Å². The number of piperazine rings is 1. The molecule has 132 valence electrons. The summed E-state index contributed by atoms with van der Waals surface area (Å²) < 4.78 is 17.2. The molecule has 5 nitrogen and oxygen atoms in total. The predicted octanol–water partition coefficient (Wildman–Crippen LogP) is 2.79. The third-order valence-corrected chi connectivity index (χ3v) is 4.80. The fraction of sp³-hybridized carbons (Fsp3) is 0.400. The van der Waals surface area contributed by atoms with Crippen LogP contribution in [0.15, 0.2) is 42.5 Å². The third-order valence-electron chi connectivity index (χ3n) is 4.80. The minimum atomic E-state index is 0.584. The molecule has 2 aliphatic rings. The van der Waals surface area contributed by atoms with E-state index in [0.717, 1.165) is 55.7 Å². The van der Waals surface area contributed by atoms with Crippen molar-refractivity contribution in [3.8, 4) is 17.2 Å². The average molecular weight is 340 g/mol. The number of benzene rings is 2. The normalized spacial score (nSPS) is 17.4. The Morgan fingerprint density at radius 3 is 2.44 bits per heavy atom. The summed E-state index contributed by atoms with van der Waals surface area (Å²) >= 11 is 0. The van der Waals surface area contributed by atoms with E-state index in [4.69, 9.17) is 14.2 Å². The van der Waals surface area contributed by atoms with Crippen molar-refractivity contribution in [1.82, 2.24) is 4.90 Å². The van der Waals surface area contributed by atoms with E-state index in [0.29, 0.717) is 13.2 Å². The molecule has 2 heterocycles. The second kappa shape index (κ2) is 7.23. The van der Waals surface area contributed by atoms with Gasteiger partial charge in [0.15, 0.2) is 11.5 Å². The summed E-state index contributed by atoms with van der Waals surface area (Å²) in [5.74, 6) is 2.48. The minimum absolute atomic E-state index is 0.584. The first-order chi connectivity index (χ1) is 12.3. The van der Waals surface area contributed by atoms with Gasteiger partial charge in [-0.05, 0) is 17.7 Å². The predicted molar refractivity (Wildman–Crippen MR) is 97.9 cm³/mol. The van der Waals surface area contributed by atoms with Gasteiger partial charge in [-0.3, -0.25) is 4.90 Å². The second-order valence-corrected chi connectivity index (χ2v) is 6.39. The Kier molecular flexibility index (Phi) is 4.65. The van der Waals surface area contributed by atoms with E-state index in [-0.39, 0.29) is 0 Å². The molecular weight excluding hydrogens is 316 g/mol. The van der Waals surface area contributed by atoms with Crippen molar-refractivity contribution in [2.45, 2.75) is 6.54 Å². The van der Waals surface area contributed by atoms with Gasteiger partial charge in [0.25, 0.3) is 0 Å². The van der Waals surface area contributed by atoms with Crippen LogP contribution < -0.4 is 19.1 Å². The molecule has 2 aromatic carbocycles. The number of nitrogens with zero attached hydrogens (tertiary/aromatic N) is 2. The van der Waals surface area contributed by atoms with Crippen molar-refractivity contribution in [2.75, 3.05) is 51.4 Å². The molecule has 4 rings (SSSR count). The van der Waals surface area contributed by atoms with E-state index in [1.54, 1.807) is 7.11 Å². The Balaban J connectivity index is 1.49. The Morgan fingerprint density at radius 2 is 1.68 bits per heavy atom. The molecule has 1 fully saturated rings. The van der Waals surface area contributed by atoms with Crippen LogP contribution in [0.2, 0.25) is 0 Å². The summed E-state index contributed by atoms with van der Waals surface area (Å²) in [4.78, 5) is 4.85. The quantitative estimate of drug-likeness (QED) is 0.855. The standard InChI is InChI=1S/C20H24N2O3/c1-23-17-7-8-18-20(25-14-13-24-18)19(17)22-11-9-21(10-12-22)15-16-5-3-2-4-6-16/h2-8H,9-15H2,1H3. The molecule has 0 saturated carbocycles. The molecule has 0 spiro atoms. The molecule has 2 aromatic rings. The summed E-state index contributed by atoms with van der Waals surface area (Å²) in [7, 11) is 1.71. The lowest BCUT2D eigenvalue weighted by Crippen LogP contribution is -2.46. The van der Waals surface area contributed by atoms with Gasteiger partial charge in [-0.15, -0.1) is 0 Å². The zero-order valence-electron chi connectivity index (χ0n) is 14.6. The maximum absolute atomic E-state index is 5.91. The number of hydrogen-bond acceptors (Lipinski definition) is 5. The van der Waals surface area contributed by atoms with E-state index < -0.39 is 0 Å². The zero-order valence-corrected chi connectivity index (χ0v) is 14.6. The first-order valence-electron chi connectivity index (χ1n) is 8.83. The summed E-state index contributed by atoms with van der Waals surface area (Å²) in [5.41, 5.74) is 2.39.